The van der Waals surface area contributed by atoms with Gasteiger partial charge in [-0.15, -0.1) is 11.6 Å². The van der Waals surface area contributed by atoms with E-state index in [-0.39, 0.29) is 5.38 Å². The first-order valence-electron chi connectivity index (χ1n) is 4.82. The topological polar surface area (TPSA) is 0 Å². The second-order valence-electron chi connectivity index (χ2n) is 3.44. The maximum absolute atomic E-state index is 6.39. The molecular weight excluding hydrogens is 307 g/mol. The van der Waals surface area contributed by atoms with Crippen LogP contribution in [0.1, 0.15) is 16.5 Å². The van der Waals surface area contributed by atoms with Gasteiger partial charge in [0.25, 0.3) is 0 Å². The van der Waals surface area contributed by atoms with E-state index in [1.54, 1.807) is 0 Å². The monoisotopic (exact) mass is 314 g/mol. The van der Waals surface area contributed by atoms with Crippen molar-refractivity contribution < 1.29 is 0 Å². The van der Waals surface area contributed by atoms with Gasteiger partial charge in [0, 0.05) is 9.50 Å². The van der Waals surface area contributed by atoms with Gasteiger partial charge in [-0.25, -0.2) is 0 Å². The summed E-state index contributed by atoms with van der Waals surface area (Å²) >= 11 is 15.9. The predicted molar refractivity (Wildman–Crippen MR) is 73.3 cm³/mol. The Morgan fingerprint density at radius 1 is 0.938 bits per heavy atom. The predicted octanol–water partition coefficient (Wildman–Crippen LogP) is 5.43. The van der Waals surface area contributed by atoms with Crippen LogP contribution in [0.15, 0.2) is 53.0 Å². The number of hydrogen-bond donors (Lipinski definition) is 0. The first kappa shape index (κ1) is 12.0. The Morgan fingerprint density at radius 3 is 2.19 bits per heavy atom. The van der Waals surface area contributed by atoms with E-state index in [1.807, 2.05) is 48.5 Å². The third-order valence-corrected chi connectivity index (χ3v) is 3.70. The van der Waals surface area contributed by atoms with E-state index in [2.05, 4.69) is 15.9 Å². The molecule has 0 aliphatic carbocycles. The first-order valence-corrected chi connectivity index (χ1v) is 6.43. The Kier molecular flexibility index (Phi) is 3.91. The summed E-state index contributed by atoms with van der Waals surface area (Å²) in [5.41, 5.74) is 1.98. The van der Waals surface area contributed by atoms with Crippen LogP contribution in [0.3, 0.4) is 0 Å². The van der Waals surface area contributed by atoms with Crippen LogP contribution in [0, 0.1) is 0 Å². The average Bonchev–Trinajstić information content (AvgIpc) is 2.30. The van der Waals surface area contributed by atoms with E-state index in [4.69, 9.17) is 23.2 Å². The molecule has 1 unspecified atom stereocenters. The van der Waals surface area contributed by atoms with E-state index in [9.17, 15) is 0 Å². The Balaban J connectivity index is 2.35. The largest absolute Gasteiger partial charge is 0.113 e. The molecule has 0 nitrogen and oxygen atoms in total. The van der Waals surface area contributed by atoms with E-state index in [0.717, 1.165) is 15.6 Å². The minimum Gasteiger partial charge on any atom is -0.113 e. The molecule has 0 saturated carbocycles. The van der Waals surface area contributed by atoms with Crippen molar-refractivity contribution in [1.29, 1.82) is 0 Å². The quantitative estimate of drug-likeness (QED) is 0.648. The van der Waals surface area contributed by atoms with Crippen LogP contribution >= 0.6 is 39.1 Å². The second-order valence-corrected chi connectivity index (χ2v) is 5.19. The van der Waals surface area contributed by atoms with Crippen molar-refractivity contribution in [3.05, 3.63) is 69.2 Å². The lowest BCUT2D eigenvalue weighted by molar-refractivity contribution is 1.14. The van der Waals surface area contributed by atoms with Crippen LogP contribution < -0.4 is 0 Å². The number of halogens is 3. The van der Waals surface area contributed by atoms with Crippen LogP contribution in [-0.2, 0) is 0 Å². The van der Waals surface area contributed by atoms with Gasteiger partial charge in [0.1, 0.15) is 0 Å². The average molecular weight is 316 g/mol. The Labute approximate surface area is 113 Å². The lowest BCUT2D eigenvalue weighted by atomic mass is 10.0. The highest BCUT2D eigenvalue weighted by Gasteiger charge is 2.13. The fourth-order valence-electron chi connectivity index (χ4n) is 1.49. The lowest BCUT2D eigenvalue weighted by Gasteiger charge is -2.11. The van der Waals surface area contributed by atoms with Gasteiger partial charge in [-0.1, -0.05) is 57.9 Å². The minimum atomic E-state index is -0.207. The first-order chi connectivity index (χ1) is 7.68. The van der Waals surface area contributed by atoms with Crippen LogP contribution in [0.2, 0.25) is 5.02 Å². The SMILES string of the molecule is Clc1ccccc1C(Cl)c1ccc(Br)cc1. The molecule has 82 valence electrons. The fraction of sp³-hybridized carbons (Fsp3) is 0.0769. The second kappa shape index (κ2) is 5.22. The summed E-state index contributed by atoms with van der Waals surface area (Å²) in [6, 6.07) is 15.6. The van der Waals surface area contributed by atoms with Gasteiger partial charge in [0.15, 0.2) is 0 Å². The molecule has 0 aromatic heterocycles. The molecule has 3 heteroatoms. The molecule has 0 amide bonds. The zero-order chi connectivity index (χ0) is 11.5. The standard InChI is InChI=1S/C13H9BrCl2/c14-10-7-5-9(6-8-10)13(16)11-3-1-2-4-12(11)15/h1-8,13H. The zero-order valence-electron chi connectivity index (χ0n) is 8.33. The van der Waals surface area contributed by atoms with Crippen LogP contribution in [0.5, 0.6) is 0 Å². The highest BCUT2D eigenvalue weighted by molar-refractivity contribution is 9.10. The van der Waals surface area contributed by atoms with Crippen molar-refractivity contribution in [3.63, 3.8) is 0 Å². The van der Waals surface area contributed by atoms with Gasteiger partial charge in [-0.2, -0.15) is 0 Å². The number of benzene rings is 2. The zero-order valence-corrected chi connectivity index (χ0v) is 11.4. The third kappa shape index (κ3) is 2.60. The smallest absolute Gasteiger partial charge is 0.0849 e. The molecule has 0 aliphatic heterocycles. The van der Waals surface area contributed by atoms with Gasteiger partial charge in [0.2, 0.25) is 0 Å². The molecule has 2 aromatic rings. The molecule has 1 atom stereocenters. The summed E-state index contributed by atoms with van der Waals surface area (Å²) in [7, 11) is 0. The van der Waals surface area contributed by atoms with Crippen molar-refractivity contribution in [2.45, 2.75) is 5.38 Å². The normalized spacial score (nSPS) is 12.4. The molecule has 2 aromatic carbocycles. The van der Waals surface area contributed by atoms with Gasteiger partial charge >= 0.3 is 0 Å². The highest BCUT2D eigenvalue weighted by Crippen LogP contribution is 2.33. The van der Waals surface area contributed by atoms with E-state index in [0.29, 0.717) is 5.02 Å². The van der Waals surface area contributed by atoms with Gasteiger partial charge in [-0.3, -0.25) is 0 Å². The van der Waals surface area contributed by atoms with Crippen molar-refractivity contribution in [2.75, 3.05) is 0 Å². The van der Waals surface area contributed by atoms with Crippen LogP contribution in [-0.4, -0.2) is 0 Å². The number of rotatable bonds is 2. The van der Waals surface area contributed by atoms with E-state index >= 15 is 0 Å². The Hall–Kier alpha value is -0.500. The van der Waals surface area contributed by atoms with Crippen molar-refractivity contribution in [3.8, 4) is 0 Å². The highest BCUT2D eigenvalue weighted by atomic mass is 79.9. The number of alkyl halides is 1. The summed E-state index contributed by atoms with van der Waals surface area (Å²) in [6.45, 7) is 0. The molecular formula is C13H9BrCl2. The molecule has 0 saturated heterocycles. The summed E-state index contributed by atoms with van der Waals surface area (Å²) in [5.74, 6) is 0. The van der Waals surface area contributed by atoms with Crippen molar-refractivity contribution in [1.82, 2.24) is 0 Å². The maximum Gasteiger partial charge on any atom is 0.0849 e. The van der Waals surface area contributed by atoms with E-state index in [1.165, 1.54) is 0 Å². The molecule has 0 aliphatic rings. The van der Waals surface area contributed by atoms with Gasteiger partial charge in [-0.05, 0) is 29.3 Å². The molecule has 0 N–H and O–H groups in total. The molecule has 0 bridgehead atoms. The van der Waals surface area contributed by atoms with Gasteiger partial charge in [0.05, 0.1) is 5.38 Å². The van der Waals surface area contributed by atoms with Crippen LogP contribution in [0.4, 0.5) is 0 Å². The third-order valence-electron chi connectivity index (χ3n) is 2.34. The minimum absolute atomic E-state index is 0.207. The van der Waals surface area contributed by atoms with Crippen LogP contribution in [0.25, 0.3) is 0 Å². The maximum atomic E-state index is 6.39. The van der Waals surface area contributed by atoms with Gasteiger partial charge < -0.3 is 0 Å². The molecule has 0 heterocycles. The molecule has 0 spiro atoms. The summed E-state index contributed by atoms with van der Waals surface area (Å²) < 4.78 is 1.04. The fourth-order valence-corrected chi connectivity index (χ4v) is 2.39. The van der Waals surface area contributed by atoms with Crippen molar-refractivity contribution in [2.24, 2.45) is 0 Å². The van der Waals surface area contributed by atoms with Crippen molar-refractivity contribution >= 4 is 39.1 Å². The number of hydrogen-bond acceptors (Lipinski definition) is 0. The molecule has 16 heavy (non-hydrogen) atoms. The molecule has 0 fully saturated rings. The van der Waals surface area contributed by atoms with E-state index < -0.39 is 0 Å². The molecule has 2 rings (SSSR count). The molecule has 0 radical (unpaired) electrons. The summed E-state index contributed by atoms with van der Waals surface area (Å²) in [4.78, 5) is 0. The Bertz CT molecular complexity index is 480. The lowest BCUT2D eigenvalue weighted by Crippen LogP contribution is -1.93. The Morgan fingerprint density at radius 2 is 1.56 bits per heavy atom. The summed E-state index contributed by atoms with van der Waals surface area (Å²) in [5, 5.41) is 0.493. The summed E-state index contributed by atoms with van der Waals surface area (Å²) in [6.07, 6.45) is 0.